The summed E-state index contributed by atoms with van der Waals surface area (Å²) in [6.45, 7) is 2.86. The Kier molecular flexibility index (Phi) is 7.02. The number of halogens is 4. The van der Waals surface area contributed by atoms with Crippen molar-refractivity contribution in [1.82, 2.24) is 28.8 Å². The largest absolute Gasteiger partial charge is 0.392 e. The molecular formula is C26H28F4N6O2S. The highest BCUT2D eigenvalue weighted by Gasteiger charge is 2.42. The zero-order chi connectivity index (χ0) is 28.1. The highest BCUT2D eigenvalue weighted by Crippen LogP contribution is 2.36. The van der Waals surface area contributed by atoms with E-state index < -0.39 is 28.2 Å². The summed E-state index contributed by atoms with van der Waals surface area (Å²) >= 11 is 0. The third-order valence-electron chi connectivity index (χ3n) is 7.20. The van der Waals surface area contributed by atoms with Crippen LogP contribution in [0.5, 0.6) is 0 Å². The summed E-state index contributed by atoms with van der Waals surface area (Å²) in [5, 5.41) is 9.10. The van der Waals surface area contributed by atoms with Gasteiger partial charge < -0.3 is 0 Å². The molecule has 0 N–H and O–H groups in total. The second kappa shape index (κ2) is 10.0. The normalized spacial score (nSPS) is 18.6. The molecule has 208 valence electrons. The van der Waals surface area contributed by atoms with E-state index in [1.165, 1.54) is 33.4 Å². The Morgan fingerprint density at radius 2 is 1.82 bits per heavy atom. The predicted octanol–water partition coefficient (Wildman–Crippen LogP) is 4.45. The van der Waals surface area contributed by atoms with E-state index in [0.29, 0.717) is 5.69 Å². The van der Waals surface area contributed by atoms with E-state index in [1.807, 2.05) is 19.1 Å². The summed E-state index contributed by atoms with van der Waals surface area (Å²) in [7, 11) is -2.33. The molecule has 2 aromatic carbocycles. The molecule has 3 heterocycles. The minimum atomic E-state index is -4.38. The van der Waals surface area contributed by atoms with Gasteiger partial charge in [0.05, 0.1) is 23.3 Å². The smallest absolute Gasteiger partial charge is 0.293 e. The lowest BCUT2D eigenvalue weighted by Crippen LogP contribution is -2.52. The van der Waals surface area contributed by atoms with Crippen molar-refractivity contribution in [2.45, 2.75) is 31.1 Å². The van der Waals surface area contributed by atoms with Crippen LogP contribution < -0.4 is 0 Å². The quantitative estimate of drug-likeness (QED) is 0.324. The number of aromatic nitrogens is 4. The van der Waals surface area contributed by atoms with Crippen molar-refractivity contribution in [2.24, 2.45) is 13.0 Å². The van der Waals surface area contributed by atoms with Crippen LogP contribution in [-0.4, -0.2) is 69.5 Å². The molecule has 1 fully saturated rings. The van der Waals surface area contributed by atoms with Gasteiger partial charge in [0.2, 0.25) is 0 Å². The lowest BCUT2D eigenvalue weighted by Gasteiger charge is -2.42. The van der Waals surface area contributed by atoms with E-state index in [4.69, 9.17) is 0 Å². The van der Waals surface area contributed by atoms with E-state index >= 15 is 0 Å². The van der Waals surface area contributed by atoms with Crippen LogP contribution in [0.25, 0.3) is 16.6 Å². The first-order valence-corrected chi connectivity index (χ1v) is 13.8. The molecule has 1 aliphatic rings. The lowest BCUT2D eigenvalue weighted by molar-refractivity contribution is -0.176. The van der Waals surface area contributed by atoms with Crippen LogP contribution >= 0.6 is 0 Å². The van der Waals surface area contributed by atoms with Crippen LogP contribution in [0.15, 0.2) is 59.9 Å². The molecule has 0 spiro atoms. The molecule has 1 aliphatic heterocycles. The zero-order valence-electron chi connectivity index (χ0n) is 21.6. The number of hydrogen-bond acceptors (Lipinski definition) is 5. The molecule has 5 rings (SSSR count). The molecule has 0 amide bonds. The summed E-state index contributed by atoms with van der Waals surface area (Å²) in [4.78, 5) is 1.71. The Balaban J connectivity index is 1.54. The Hall–Kier alpha value is -3.29. The first-order valence-electron chi connectivity index (χ1n) is 12.4. The monoisotopic (exact) mass is 564 g/mol. The van der Waals surface area contributed by atoms with E-state index in [0.717, 1.165) is 29.0 Å². The number of sulfonamides is 1. The van der Waals surface area contributed by atoms with E-state index in [9.17, 15) is 26.0 Å². The highest BCUT2D eigenvalue weighted by molar-refractivity contribution is 7.89. The van der Waals surface area contributed by atoms with Crippen molar-refractivity contribution >= 4 is 20.9 Å². The van der Waals surface area contributed by atoms with Crippen molar-refractivity contribution in [3.8, 4) is 5.69 Å². The van der Waals surface area contributed by atoms with Crippen LogP contribution in [-0.2, 0) is 17.1 Å². The van der Waals surface area contributed by atoms with Gasteiger partial charge in [-0.05, 0) is 60.5 Å². The van der Waals surface area contributed by atoms with Crippen LogP contribution in [0.3, 0.4) is 0 Å². The molecule has 0 radical (unpaired) electrons. The summed E-state index contributed by atoms with van der Waals surface area (Å²) in [6.07, 6.45) is -1.21. The molecule has 13 heteroatoms. The van der Waals surface area contributed by atoms with Crippen LogP contribution in [0.4, 0.5) is 17.6 Å². The number of nitrogens with zero attached hydrogens (tertiary/aromatic N) is 6. The summed E-state index contributed by atoms with van der Waals surface area (Å²) in [5.74, 6) is -1.96. The number of fused-ring (bicyclic) bond motifs is 1. The van der Waals surface area contributed by atoms with E-state index in [-0.39, 0.29) is 37.0 Å². The average molecular weight is 565 g/mol. The Bertz CT molecular complexity index is 1600. The first kappa shape index (κ1) is 27.3. The number of rotatable bonds is 6. The van der Waals surface area contributed by atoms with Gasteiger partial charge in [-0.1, -0.05) is 6.92 Å². The molecule has 2 atom stereocenters. The predicted molar refractivity (Wildman–Crippen MR) is 137 cm³/mol. The number of aryl methyl sites for hydroxylation is 2. The van der Waals surface area contributed by atoms with E-state index in [2.05, 4.69) is 10.2 Å². The summed E-state index contributed by atoms with van der Waals surface area (Å²) < 4.78 is 85.1. The topological polar surface area (TPSA) is 76.3 Å². The third kappa shape index (κ3) is 5.30. The second-order valence-electron chi connectivity index (χ2n) is 9.94. The third-order valence-corrected chi connectivity index (χ3v) is 8.96. The van der Waals surface area contributed by atoms with Gasteiger partial charge in [0, 0.05) is 50.9 Å². The fraction of sp³-hybridized carbons (Fsp3) is 0.385. The molecular weight excluding hydrogens is 536 g/mol. The zero-order valence-corrected chi connectivity index (χ0v) is 22.4. The summed E-state index contributed by atoms with van der Waals surface area (Å²) in [6, 6.07) is 10.4. The van der Waals surface area contributed by atoms with E-state index in [1.54, 1.807) is 35.0 Å². The maximum absolute atomic E-state index is 13.5. The maximum Gasteiger partial charge on any atom is 0.392 e. The van der Waals surface area contributed by atoms with Crippen LogP contribution in [0, 0.1) is 18.7 Å². The maximum atomic E-state index is 13.5. The number of hydrogen-bond donors (Lipinski definition) is 0. The van der Waals surface area contributed by atoms with Crippen molar-refractivity contribution in [1.29, 1.82) is 0 Å². The fourth-order valence-corrected chi connectivity index (χ4v) is 6.38. The second-order valence-corrected chi connectivity index (χ2v) is 11.8. The molecule has 2 aromatic heterocycles. The van der Waals surface area contributed by atoms with Crippen molar-refractivity contribution in [3.05, 3.63) is 71.8 Å². The lowest BCUT2D eigenvalue weighted by atomic mass is 9.95. The number of alkyl halides is 3. The SMILES string of the molecule is Cc1cc2c(cnn2-c2ccc(F)cc2)cc1[C@H]1CN(S(=O)(=O)c2ccn(C)n2)CCN1C[C@@H](C)C(F)(F)F. The molecule has 0 aliphatic carbocycles. The van der Waals surface area contributed by atoms with Crippen molar-refractivity contribution in [2.75, 3.05) is 26.2 Å². The Labute approximate surface area is 223 Å². The fourth-order valence-electron chi connectivity index (χ4n) is 4.99. The van der Waals surface area contributed by atoms with Gasteiger partial charge >= 0.3 is 6.18 Å². The van der Waals surface area contributed by atoms with Gasteiger partial charge in [-0.25, -0.2) is 17.5 Å². The van der Waals surface area contributed by atoms with Crippen LogP contribution in [0.2, 0.25) is 0 Å². The molecule has 0 unspecified atom stereocenters. The number of benzene rings is 2. The van der Waals surface area contributed by atoms with Gasteiger partial charge in [0.15, 0.2) is 5.03 Å². The van der Waals surface area contributed by atoms with Gasteiger partial charge in [0.1, 0.15) is 5.82 Å². The minimum Gasteiger partial charge on any atom is -0.293 e. The number of piperazine rings is 1. The van der Waals surface area contributed by atoms with Gasteiger partial charge in [-0.15, -0.1) is 0 Å². The molecule has 8 nitrogen and oxygen atoms in total. The molecule has 0 bridgehead atoms. The van der Waals surface area contributed by atoms with Gasteiger partial charge in [-0.3, -0.25) is 9.58 Å². The molecule has 0 saturated carbocycles. The average Bonchev–Trinajstić information content (AvgIpc) is 3.50. The van der Waals surface area contributed by atoms with Crippen LogP contribution in [0.1, 0.15) is 24.1 Å². The highest BCUT2D eigenvalue weighted by atomic mass is 32.2. The minimum absolute atomic E-state index is 0.0259. The molecule has 4 aromatic rings. The standard InChI is InChI=1S/C26H28F4N6O2S/c1-17-12-23-19(14-31-36(23)21-6-4-20(27)5-7-21)13-22(17)24-16-35(39(37,38)25-8-9-33(3)32-25)11-10-34(24)15-18(2)26(28,29)30/h4-9,12-14,18,24H,10-11,15-16H2,1-3H3/t18-,24-/m1/s1. The Morgan fingerprint density at radius 1 is 1.10 bits per heavy atom. The first-order chi connectivity index (χ1) is 18.3. The Morgan fingerprint density at radius 3 is 2.46 bits per heavy atom. The molecule has 1 saturated heterocycles. The van der Waals surface area contributed by atoms with Crippen molar-refractivity contribution < 1.29 is 26.0 Å². The summed E-state index contributed by atoms with van der Waals surface area (Å²) in [5.41, 5.74) is 2.89. The molecule has 39 heavy (non-hydrogen) atoms. The van der Waals surface area contributed by atoms with Gasteiger partial charge in [0.25, 0.3) is 10.0 Å². The van der Waals surface area contributed by atoms with Gasteiger partial charge in [-0.2, -0.15) is 27.7 Å². The van der Waals surface area contributed by atoms with Crippen molar-refractivity contribution in [3.63, 3.8) is 0 Å².